The van der Waals surface area contributed by atoms with Crippen LogP contribution in [-0.4, -0.2) is 44.9 Å². The summed E-state index contributed by atoms with van der Waals surface area (Å²) in [5, 5.41) is 5.55. The number of hydrogen-bond acceptors (Lipinski definition) is 5. The monoisotopic (exact) mass is 202 g/mol. The largest absolute Gasteiger partial charge is 0.468 e. The van der Waals surface area contributed by atoms with E-state index in [-0.39, 0.29) is 18.1 Å². The zero-order valence-electron chi connectivity index (χ0n) is 8.20. The first-order chi connectivity index (χ1) is 6.67. The van der Waals surface area contributed by atoms with Crippen molar-refractivity contribution in [3.8, 4) is 0 Å². The highest BCUT2D eigenvalue weighted by Crippen LogP contribution is 2.07. The van der Waals surface area contributed by atoms with E-state index in [0.717, 1.165) is 0 Å². The molecule has 2 N–H and O–H groups in total. The van der Waals surface area contributed by atoms with E-state index in [9.17, 15) is 9.59 Å². The third-order valence-corrected chi connectivity index (χ3v) is 2.12. The first kappa shape index (κ1) is 10.8. The number of carbonyl (C=O) groups is 2. The first-order valence-electron chi connectivity index (χ1n) is 4.33. The van der Waals surface area contributed by atoms with Gasteiger partial charge in [-0.3, -0.25) is 4.79 Å². The Kier molecular flexibility index (Phi) is 3.70. The molecule has 0 bridgehead atoms. The summed E-state index contributed by atoms with van der Waals surface area (Å²) in [6.45, 7) is 0.550. The van der Waals surface area contributed by atoms with Gasteiger partial charge in [0, 0.05) is 12.6 Å². The average molecular weight is 202 g/mol. The van der Waals surface area contributed by atoms with Crippen LogP contribution in [0.1, 0.15) is 6.42 Å². The molecule has 80 valence electrons. The number of nitrogens with one attached hydrogen (secondary N) is 2. The van der Waals surface area contributed by atoms with E-state index in [4.69, 9.17) is 0 Å². The van der Waals surface area contributed by atoms with Crippen molar-refractivity contribution in [3.05, 3.63) is 0 Å². The van der Waals surface area contributed by atoms with Crippen LogP contribution in [-0.2, 0) is 14.3 Å². The molecule has 0 spiro atoms. The second-order valence-corrected chi connectivity index (χ2v) is 3.05. The van der Waals surface area contributed by atoms with Gasteiger partial charge in [-0.05, 0) is 6.42 Å². The lowest BCUT2D eigenvalue weighted by Crippen LogP contribution is -2.35. The average Bonchev–Trinajstić information content (AvgIpc) is 2.65. The summed E-state index contributed by atoms with van der Waals surface area (Å²) in [5.74, 6) is -0.306. The number of rotatable bonds is 2. The maximum absolute atomic E-state index is 11.1. The van der Waals surface area contributed by atoms with Gasteiger partial charge in [-0.1, -0.05) is 0 Å². The minimum atomic E-state index is -0.484. The molecule has 0 aromatic heterocycles. The summed E-state index contributed by atoms with van der Waals surface area (Å²) in [7, 11) is 2.64. The molecule has 0 aromatic rings. The topological polar surface area (TPSA) is 76.7 Å². The number of methoxy groups -OCH3 is 2. The Morgan fingerprint density at radius 1 is 1.36 bits per heavy atom. The van der Waals surface area contributed by atoms with E-state index >= 15 is 0 Å². The van der Waals surface area contributed by atoms with Crippen LogP contribution < -0.4 is 10.6 Å². The van der Waals surface area contributed by atoms with Gasteiger partial charge in [-0.2, -0.15) is 0 Å². The summed E-state index contributed by atoms with van der Waals surface area (Å²) in [6.07, 6.45) is 0.0456. The van der Waals surface area contributed by atoms with Crippen molar-refractivity contribution < 1.29 is 19.1 Å². The van der Waals surface area contributed by atoms with Gasteiger partial charge < -0.3 is 20.1 Å². The highest BCUT2D eigenvalue weighted by Gasteiger charge is 2.30. The van der Waals surface area contributed by atoms with Crippen LogP contribution in [0, 0.1) is 0 Å². The molecule has 1 aliphatic heterocycles. The number of ether oxygens (including phenoxy) is 2. The van der Waals surface area contributed by atoms with E-state index in [2.05, 4.69) is 20.1 Å². The van der Waals surface area contributed by atoms with Crippen LogP contribution in [0.4, 0.5) is 4.79 Å². The molecule has 1 fully saturated rings. The van der Waals surface area contributed by atoms with Crippen LogP contribution in [0.15, 0.2) is 0 Å². The van der Waals surface area contributed by atoms with E-state index in [0.29, 0.717) is 13.0 Å². The van der Waals surface area contributed by atoms with Crippen LogP contribution >= 0.6 is 0 Å². The fourth-order valence-corrected chi connectivity index (χ4v) is 1.39. The molecule has 1 aliphatic rings. The molecule has 6 heteroatoms. The predicted octanol–water partition coefficient (Wildman–Crippen LogP) is -0.754. The molecule has 1 unspecified atom stereocenters. The second kappa shape index (κ2) is 4.80. The lowest BCUT2D eigenvalue weighted by molar-refractivity contribution is -0.142. The molecule has 1 rings (SSSR count). The third-order valence-electron chi connectivity index (χ3n) is 2.12. The van der Waals surface area contributed by atoms with Crippen LogP contribution in [0.3, 0.4) is 0 Å². The fourth-order valence-electron chi connectivity index (χ4n) is 1.39. The molecule has 1 saturated heterocycles. The maximum atomic E-state index is 11.1. The second-order valence-electron chi connectivity index (χ2n) is 3.05. The quantitative estimate of drug-likeness (QED) is 0.576. The van der Waals surface area contributed by atoms with E-state index in [1.807, 2.05) is 0 Å². The Morgan fingerprint density at radius 2 is 2.07 bits per heavy atom. The van der Waals surface area contributed by atoms with Gasteiger partial charge in [-0.25, -0.2) is 4.79 Å². The Labute approximate surface area is 81.9 Å². The van der Waals surface area contributed by atoms with Gasteiger partial charge in [-0.15, -0.1) is 0 Å². The summed E-state index contributed by atoms with van der Waals surface area (Å²) in [6, 6.07) is -0.409. The molecule has 14 heavy (non-hydrogen) atoms. The zero-order valence-corrected chi connectivity index (χ0v) is 8.20. The summed E-state index contributed by atoms with van der Waals surface area (Å²) < 4.78 is 9.01. The third kappa shape index (κ3) is 2.59. The standard InChI is InChI=1S/C8H14N2O4/c1-13-7(11)6-3-5(4-9-6)10-8(12)14-2/h5-6,9H,3-4H2,1-2H3,(H,10,12)/t5?,6-/m0/s1. The van der Waals surface area contributed by atoms with Crippen molar-refractivity contribution in [2.45, 2.75) is 18.5 Å². The number of alkyl carbamates (subject to hydrolysis) is 1. The van der Waals surface area contributed by atoms with Crippen molar-refractivity contribution in [1.29, 1.82) is 0 Å². The molecular formula is C8H14N2O4. The Bertz CT molecular complexity index is 231. The molecule has 0 aromatic carbocycles. The SMILES string of the molecule is COC(=O)NC1CN[C@H](C(=O)OC)C1. The summed E-state index contributed by atoms with van der Waals surface area (Å²) >= 11 is 0. The zero-order chi connectivity index (χ0) is 10.6. The van der Waals surface area contributed by atoms with Gasteiger partial charge in [0.1, 0.15) is 6.04 Å². The predicted molar refractivity (Wildman–Crippen MR) is 47.8 cm³/mol. The maximum Gasteiger partial charge on any atom is 0.407 e. The molecule has 1 amide bonds. The molecule has 1 heterocycles. The number of esters is 1. The van der Waals surface area contributed by atoms with Gasteiger partial charge in [0.2, 0.25) is 0 Å². The van der Waals surface area contributed by atoms with Crippen LogP contribution in [0.5, 0.6) is 0 Å². The molecular weight excluding hydrogens is 188 g/mol. The minimum Gasteiger partial charge on any atom is -0.468 e. The molecule has 0 saturated carbocycles. The normalized spacial score (nSPS) is 25.6. The lowest BCUT2D eigenvalue weighted by Gasteiger charge is -2.09. The van der Waals surface area contributed by atoms with Crippen LogP contribution in [0.25, 0.3) is 0 Å². The Morgan fingerprint density at radius 3 is 2.64 bits per heavy atom. The smallest absolute Gasteiger partial charge is 0.407 e. The number of amides is 1. The fraction of sp³-hybridized carbons (Fsp3) is 0.750. The van der Waals surface area contributed by atoms with Crippen molar-refractivity contribution in [2.75, 3.05) is 20.8 Å². The highest BCUT2D eigenvalue weighted by atomic mass is 16.5. The minimum absolute atomic E-state index is 0.0773. The molecule has 6 nitrogen and oxygen atoms in total. The van der Waals surface area contributed by atoms with E-state index in [1.54, 1.807) is 0 Å². The first-order valence-corrected chi connectivity index (χ1v) is 4.33. The van der Waals surface area contributed by atoms with Crippen molar-refractivity contribution in [3.63, 3.8) is 0 Å². The molecule has 0 aliphatic carbocycles. The van der Waals surface area contributed by atoms with Crippen molar-refractivity contribution >= 4 is 12.1 Å². The summed E-state index contributed by atoms with van der Waals surface area (Å²) in [5.41, 5.74) is 0. The van der Waals surface area contributed by atoms with Gasteiger partial charge >= 0.3 is 12.1 Å². The van der Waals surface area contributed by atoms with Gasteiger partial charge in [0.15, 0.2) is 0 Å². The molecule has 2 atom stereocenters. The number of hydrogen-bond donors (Lipinski definition) is 2. The molecule has 0 radical (unpaired) electrons. The van der Waals surface area contributed by atoms with E-state index in [1.165, 1.54) is 14.2 Å². The Hall–Kier alpha value is -1.30. The van der Waals surface area contributed by atoms with Gasteiger partial charge in [0.25, 0.3) is 0 Å². The number of carbonyl (C=O) groups excluding carboxylic acids is 2. The van der Waals surface area contributed by atoms with Crippen molar-refractivity contribution in [1.82, 2.24) is 10.6 Å². The van der Waals surface area contributed by atoms with Crippen molar-refractivity contribution in [2.24, 2.45) is 0 Å². The van der Waals surface area contributed by atoms with Gasteiger partial charge in [0.05, 0.1) is 14.2 Å². The lowest BCUT2D eigenvalue weighted by atomic mass is 10.2. The Balaban J connectivity index is 2.34. The van der Waals surface area contributed by atoms with E-state index < -0.39 is 6.09 Å². The van der Waals surface area contributed by atoms with Crippen LogP contribution in [0.2, 0.25) is 0 Å². The summed E-state index contributed by atoms with van der Waals surface area (Å²) in [4.78, 5) is 21.9. The highest BCUT2D eigenvalue weighted by molar-refractivity contribution is 5.76.